The molecule has 0 unspecified atom stereocenters. The van der Waals surface area contributed by atoms with E-state index >= 15 is 0 Å². The van der Waals surface area contributed by atoms with Crippen LogP contribution in [0.3, 0.4) is 0 Å². The molecule has 1 aliphatic heterocycles. The summed E-state index contributed by atoms with van der Waals surface area (Å²) in [5, 5.41) is 9.94. The summed E-state index contributed by atoms with van der Waals surface area (Å²) < 4.78 is 3.87. The van der Waals surface area contributed by atoms with Crippen molar-refractivity contribution in [2.45, 2.75) is 57.8 Å². The summed E-state index contributed by atoms with van der Waals surface area (Å²) in [5.74, 6) is 0. The van der Waals surface area contributed by atoms with Gasteiger partial charge in [0.25, 0.3) is 0 Å². The van der Waals surface area contributed by atoms with Gasteiger partial charge in [-0.3, -0.25) is 9.36 Å². The predicted molar refractivity (Wildman–Crippen MR) is 123 cm³/mol. The van der Waals surface area contributed by atoms with Gasteiger partial charge < -0.3 is 0 Å². The number of benzene rings is 2. The molecule has 1 aliphatic rings. The van der Waals surface area contributed by atoms with E-state index in [1.54, 1.807) is 0 Å². The van der Waals surface area contributed by atoms with Crippen LogP contribution < -0.4 is 0 Å². The van der Waals surface area contributed by atoms with Crippen LogP contribution in [-0.4, -0.2) is 19.6 Å². The SMILES string of the molecule is CC1(C)c2[c-]c(ccc2)-n2ccc(n2)C(C)(C)C(C)(C)c2[c-]c(ccc2)-n2ccc1n2.[Pt+2]. The first-order valence-electron chi connectivity index (χ1n) is 10.8. The molecule has 32 heavy (non-hydrogen) atoms. The van der Waals surface area contributed by atoms with Gasteiger partial charge in [-0.15, -0.1) is 17.7 Å². The molecule has 5 rings (SSSR count). The fourth-order valence-corrected chi connectivity index (χ4v) is 4.29. The van der Waals surface area contributed by atoms with Crippen LogP contribution in [0.15, 0.2) is 60.9 Å². The fourth-order valence-electron chi connectivity index (χ4n) is 4.29. The summed E-state index contributed by atoms with van der Waals surface area (Å²) >= 11 is 0. The third-order valence-corrected chi connectivity index (χ3v) is 7.42. The summed E-state index contributed by atoms with van der Waals surface area (Å²) in [6.07, 6.45) is 4.07. The zero-order valence-corrected chi connectivity index (χ0v) is 21.7. The summed E-state index contributed by atoms with van der Waals surface area (Å²) in [6.45, 7) is 13.4. The Morgan fingerprint density at radius 3 is 1.75 bits per heavy atom. The molecule has 4 nitrogen and oxygen atoms in total. The van der Waals surface area contributed by atoms with Gasteiger partial charge in [0.1, 0.15) is 0 Å². The molecule has 0 aliphatic carbocycles. The van der Waals surface area contributed by atoms with Crippen molar-refractivity contribution in [3.63, 3.8) is 0 Å². The minimum absolute atomic E-state index is 0. The maximum atomic E-state index is 5.00. The average molecular weight is 604 g/mol. The smallest absolute Gasteiger partial charge is 0.265 e. The molecule has 0 saturated heterocycles. The zero-order chi connectivity index (χ0) is 22.0. The van der Waals surface area contributed by atoms with Crippen molar-refractivity contribution >= 4 is 0 Å². The Hall–Kier alpha value is -2.45. The van der Waals surface area contributed by atoms with E-state index in [4.69, 9.17) is 10.2 Å². The quantitative estimate of drug-likeness (QED) is 0.247. The number of fused-ring (bicyclic) bond motifs is 10. The average Bonchev–Trinajstić information content (AvgIpc) is 3.44. The number of hydrogen-bond donors (Lipinski definition) is 0. The van der Waals surface area contributed by atoms with E-state index in [2.05, 4.69) is 102 Å². The molecule has 2 aromatic heterocycles. The summed E-state index contributed by atoms with van der Waals surface area (Å²) in [4.78, 5) is 0. The van der Waals surface area contributed by atoms with Crippen molar-refractivity contribution < 1.29 is 21.1 Å². The molecule has 2 aromatic carbocycles. The second-order valence-corrected chi connectivity index (χ2v) is 10.1. The summed E-state index contributed by atoms with van der Waals surface area (Å²) in [6, 6.07) is 24.0. The van der Waals surface area contributed by atoms with Crippen LogP contribution in [0, 0.1) is 12.1 Å². The first-order valence-corrected chi connectivity index (χ1v) is 10.8. The van der Waals surface area contributed by atoms with Crippen LogP contribution in [0.4, 0.5) is 0 Å². The van der Waals surface area contributed by atoms with Gasteiger partial charge >= 0.3 is 21.1 Å². The molecule has 4 aromatic rings. The van der Waals surface area contributed by atoms with Gasteiger partial charge in [0.15, 0.2) is 0 Å². The van der Waals surface area contributed by atoms with E-state index in [1.807, 2.05) is 21.8 Å². The topological polar surface area (TPSA) is 35.6 Å². The van der Waals surface area contributed by atoms with Gasteiger partial charge in [-0.2, -0.15) is 52.2 Å². The summed E-state index contributed by atoms with van der Waals surface area (Å²) in [5.41, 5.74) is 5.42. The van der Waals surface area contributed by atoms with Crippen molar-refractivity contribution in [2.75, 3.05) is 0 Å². The Morgan fingerprint density at radius 2 is 1.12 bits per heavy atom. The molecule has 0 fully saturated rings. The molecule has 0 saturated carbocycles. The molecular weight excluding hydrogens is 575 g/mol. The molecule has 166 valence electrons. The molecule has 0 radical (unpaired) electrons. The van der Waals surface area contributed by atoms with Crippen molar-refractivity contribution in [2.24, 2.45) is 0 Å². The third kappa shape index (κ3) is 3.31. The van der Waals surface area contributed by atoms with Gasteiger partial charge in [-0.05, 0) is 28.9 Å². The minimum atomic E-state index is -0.298. The van der Waals surface area contributed by atoms with Crippen molar-refractivity contribution in [1.29, 1.82) is 0 Å². The monoisotopic (exact) mass is 603 g/mol. The van der Waals surface area contributed by atoms with Crippen molar-refractivity contribution in [1.82, 2.24) is 19.6 Å². The number of hydrogen-bond acceptors (Lipinski definition) is 2. The van der Waals surface area contributed by atoms with Gasteiger partial charge in [-0.1, -0.05) is 41.5 Å². The third-order valence-electron chi connectivity index (χ3n) is 7.42. The van der Waals surface area contributed by atoms with Crippen LogP contribution in [0.5, 0.6) is 0 Å². The summed E-state index contributed by atoms with van der Waals surface area (Å²) in [7, 11) is 0. The fraction of sp³-hybridized carbons (Fsp3) is 0.333. The molecule has 0 spiro atoms. The second kappa shape index (κ2) is 7.56. The minimum Gasteiger partial charge on any atom is -0.265 e. The standard InChI is InChI=1S/C27H28N4.Pt/c1-25(2)19-9-7-11-21(17-19)31-16-14-24(29-31)27(5,6)26(3,4)20-10-8-12-22(18-20)30-15-13-23(25)28-30;/h7-16H,1-6H3;/q-2;+2. The molecule has 0 amide bonds. The number of nitrogens with zero attached hydrogens (tertiary/aromatic N) is 4. The second-order valence-electron chi connectivity index (χ2n) is 10.1. The van der Waals surface area contributed by atoms with E-state index in [9.17, 15) is 0 Å². The predicted octanol–water partition coefficient (Wildman–Crippen LogP) is 5.55. The molecule has 3 heterocycles. The Labute approximate surface area is 204 Å². The molecular formula is C27H28N4Pt. The van der Waals surface area contributed by atoms with Crippen LogP contribution in [0.25, 0.3) is 11.4 Å². The first-order chi connectivity index (χ1) is 14.6. The maximum absolute atomic E-state index is 5.00. The van der Waals surface area contributed by atoms with Gasteiger partial charge in [0, 0.05) is 23.2 Å². The van der Waals surface area contributed by atoms with E-state index in [1.165, 1.54) is 0 Å². The van der Waals surface area contributed by atoms with E-state index < -0.39 is 0 Å². The van der Waals surface area contributed by atoms with Crippen LogP contribution in [0.1, 0.15) is 64.1 Å². The largest absolute Gasteiger partial charge is 2.00 e. The first kappa shape index (κ1) is 22.7. The Morgan fingerprint density at radius 1 is 0.625 bits per heavy atom. The van der Waals surface area contributed by atoms with Gasteiger partial charge in [0.05, 0.1) is 11.4 Å². The zero-order valence-electron chi connectivity index (χ0n) is 19.4. The van der Waals surface area contributed by atoms with E-state index in [0.717, 1.165) is 33.9 Å². The Balaban J connectivity index is 0.00000245. The van der Waals surface area contributed by atoms with Crippen LogP contribution in [0.2, 0.25) is 0 Å². The van der Waals surface area contributed by atoms with E-state index in [-0.39, 0.29) is 37.3 Å². The van der Waals surface area contributed by atoms with Gasteiger partial charge in [-0.25, -0.2) is 0 Å². The van der Waals surface area contributed by atoms with Crippen LogP contribution >= 0.6 is 0 Å². The molecule has 0 atom stereocenters. The van der Waals surface area contributed by atoms with E-state index in [0.29, 0.717) is 0 Å². The molecule has 5 heteroatoms. The normalized spacial score (nSPS) is 17.6. The maximum Gasteiger partial charge on any atom is 2.00 e. The van der Waals surface area contributed by atoms with Crippen molar-refractivity contribution in [3.05, 3.63) is 95.6 Å². The molecule has 8 bridgehead atoms. The Bertz CT molecular complexity index is 1280. The number of aromatic nitrogens is 4. The number of rotatable bonds is 0. The van der Waals surface area contributed by atoms with Crippen LogP contribution in [-0.2, 0) is 37.3 Å². The van der Waals surface area contributed by atoms with Crippen molar-refractivity contribution in [3.8, 4) is 11.4 Å². The van der Waals surface area contributed by atoms with Gasteiger partial charge in [0.2, 0.25) is 0 Å². The Kier molecular flexibility index (Phi) is 5.37. The molecule has 0 N–H and O–H groups in total.